The van der Waals surface area contributed by atoms with Crippen molar-refractivity contribution in [3.8, 4) is 16.9 Å². The number of sulfonamides is 1. The average Bonchev–Trinajstić information content (AvgIpc) is 2.76. The van der Waals surface area contributed by atoms with E-state index in [0.29, 0.717) is 39.8 Å². The lowest BCUT2D eigenvalue weighted by atomic mass is 9.94. The molecule has 0 amide bonds. The molecule has 190 valence electrons. The molecule has 36 heavy (non-hydrogen) atoms. The third-order valence-electron chi connectivity index (χ3n) is 5.88. The molecule has 1 N–H and O–H groups in total. The first-order valence-corrected chi connectivity index (χ1v) is 13.3. The molecule has 0 spiro atoms. The Kier molecular flexibility index (Phi) is 7.35. The smallest absolute Gasteiger partial charge is 0.318 e. The third-order valence-corrected chi connectivity index (χ3v) is 8.10. The second-order valence-electron chi connectivity index (χ2n) is 9.30. The van der Waals surface area contributed by atoms with Crippen LogP contribution in [0.25, 0.3) is 11.1 Å². The highest BCUT2D eigenvalue weighted by molar-refractivity contribution is 7.89. The van der Waals surface area contributed by atoms with Gasteiger partial charge in [0, 0.05) is 16.6 Å². The molecule has 1 heterocycles. The van der Waals surface area contributed by atoms with Gasteiger partial charge < -0.3 is 9.84 Å². The van der Waals surface area contributed by atoms with Gasteiger partial charge in [-0.05, 0) is 104 Å². The van der Waals surface area contributed by atoms with E-state index in [-0.39, 0.29) is 22.6 Å². The SMILES string of the molecule is CC1(C)CCc2cc(S(=O)(=O)N(CC(=O)O)Cc3cc(F)cc(-c4cc(Cl)cc(Cl)c4)c3)ccc2O1. The molecule has 0 atom stereocenters. The Hall–Kier alpha value is -2.65. The fraction of sp³-hybridized carbons (Fsp3) is 0.269. The first-order valence-electron chi connectivity index (χ1n) is 11.1. The topological polar surface area (TPSA) is 83.9 Å². The van der Waals surface area contributed by atoms with Crippen LogP contribution >= 0.6 is 23.2 Å². The summed E-state index contributed by atoms with van der Waals surface area (Å²) in [5.74, 6) is -1.34. The van der Waals surface area contributed by atoms with E-state index in [1.54, 1.807) is 30.3 Å². The first kappa shape index (κ1) is 26.4. The summed E-state index contributed by atoms with van der Waals surface area (Å²) in [6.45, 7) is 2.77. The summed E-state index contributed by atoms with van der Waals surface area (Å²) in [6, 6.07) is 13.3. The normalized spacial score (nSPS) is 14.8. The first-order chi connectivity index (χ1) is 16.8. The van der Waals surface area contributed by atoms with Gasteiger partial charge >= 0.3 is 5.97 Å². The average molecular weight is 552 g/mol. The summed E-state index contributed by atoms with van der Waals surface area (Å²) in [6.07, 6.45) is 1.34. The van der Waals surface area contributed by atoms with Crippen molar-refractivity contribution in [2.75, 3.05) is 6.54 Å². The Morgan fingerprint density at radius 3 is 2.39 bits per heavy atom. The molecule has 1 aliphatic rings. The van der Waals surface area contributed by atoms with Gasteiger partial charge in [0.1, 0.15) is 23.7 Å². The standard InChI is InChI=1S/C26H24Cl2FNO5S/c1-26(2)6-5-17-12-23(3-4-24(17)35-26)36(33,34)30(15-25(31)32)14-16-7-18(11-22(29)8-16)19-9-20(27)13-21(28)10-19/h3-4,7-13H,5-6,14-15H2,1-2H3,(H,31,32). The molecule has 0 bridgehead atoms. The number of aryl methyl sites for hydroxylation is 1. The number of hydrogen-bond donors (Lipinski definition) is 1. The number of ether oxygens (including phenoxy) is 1. The molecule has 0 aromatic heterocycles. The summed E-state index contributed by atoms with van der Waals surface area (Å²) in [5.41, 5.74) is 1.62. The van der Waals surface area contributed by atoms with Crippen molar-refractivity contribution in [1.82, 2.24) is 4.31 Å². The lowest BCUT2D eigenvalue weighted by Crippen LogP contribution is -2.36. The zero-order chi connectivity index (χ0) is 26.3. The fourth-order valence-electron chi connectivity index (χ4n) is 4.15. The van der Waals surface area contributed by atoms with Crippen LogP contribution in [0.15, 0.2) is 59.5 Å². The number of nitrogens with zero attached hydrogens (tertiary/aromatic N) is 1. The molecule has 0 saturated heterocycles. The molecule has 1 aliphatic heterocycles. The number of carboxylic acids is 1. The number of carbonyl (C=O) groups is 1. The Balaban J connectivity index is 1.69. The van der Waals surface area contributed by atoms with Crippen molar-refractivity contribution in [1.29, 1.82) is 0 Å². The van der Waals surface area contributed by atoms with Gasteiger partial charge in [-0.3, -0.25) is 4.79 Å². The summed E-state index contributed by atoms with van der Waals surface area (Å²) in [7, 11) is -4.23. The Morgan fingerprint density at radius 1 is 1.06 bits per heavy atom. The number of fused-ring (bicyclic) bond motifs is 1. The third kappa shape index (κ3) is 6.00. The molecule has 3 aromatic rings. The molecule has 0 saturated carbocycles. The maximum Gasteiger partial charge on any atom is 0.318 e. The van der Waals surface area contributed by atoms with Gasteiger partial charge in [0.2, 0.25) is 10.0 Å². The van der Waals surface area contributed by atoms with Crippen LogP contribution in [0.3, 0.4) is 0 Å². The van der Waals surface area contributed by atoms with Crippen molar-refractivity contribution >= 4 is 39.2 Å². The Morgan fingerprint density at radius 2 is 1.72 bits per heavy atom. The second kappa shape index (κ2) is 10.0. The largest absolute Gasteiger partial charge is 0.488 e. The molecule has 0 radical (unpaired) electrons. The van der Waals surface area contributed by atoms with Gasteiger partial charge in [-0.15, -0.1) is 0 Å². The van der Waals surface area contributed by atoms with E-state index in [0.717, 1.165) is 9.87 Å². The maximum absolute atomic E-state index is 14.5. The van der Waals surface area contributed by atoms with Crippen LogP contribution in [0.5, 0.6) is 5.75 Å². The molecule has 0 unspecified atom stereocenters. The van der Waals surface area contributed by atoms with Crippen LogP contribution in [0.1, 0.15) is 31.4 Å². The van der Waals surface area contributed by atoms with Crippen molar-refractivity contribution in [2.45, 2.75) is 43.7 Å². The summed E-state index contributed by atoms with van der Waals surface area (Å²) in [5, 5.41) is 10.2. The van der Waals surface area contributed by atoms with Crippen LogP contribution in [-0.2, 0) is 27.8 Å². The zero-order valence-electron chi connectivity index (χ0n) is 19.6. The molecule has 0 fully saturated rings. The van der Waals surface area contributed by atoms with Gasteiger partial charge in [-0.25, -0.2) is 12.8 Å². The Bertz CT molecular complexity index is 1420. The highest BCUT2D eigenvalue weighted by Gasteiger charge is 2.31. The number of benzene rings is 3. The number of hydrogen-bond acceptors (Lipinski definition) is 4. The predicted octanol–water partition coefficient (Wildman–Crippen LogP) is 6.18. The Labute approximate surface area is 219 Å². The monoisotopic (exact) mass is 551 g/mol. The number of rotatable bonds is 7. The minimum atomic E-state index is -4.23. The molecule has 4 rings (SSSR count). The van der Waals surface area contributed by atoms with Crippen molar-refractivity contribution in [2.24, 2.45) is 0 Å². The quantitative estimate of drug-likeness (QED) is 0.379. The van der Waals surface area contributed by atoms with E-state index in [1.165, 1.54) is 24.3 Å². The van der Waals surface area contributed by atoms with E-state index in [4.69, 9.17) is 27.9 Å². The summed E-state index contributed by atoms with van der Waals surface area (Å²) < 4.78 is 48.3. The van der Waals surface area contributed by atoms with E-state index in [9.17, 15) is 22.7 Å². The number of carboxylic acid groups (broad SMARTS) is 1. The van der Waals surface area contributed by atoms with E-state index in [2.05, 4.69) is 0 Å². The number of halogens is 3. The summed E-state index contributed by atoms with van der Waals surface area (Å²) in [4.78, 5) is 11.5. The lowest BCUT2D eigenvalue weighted by Gasteiger charge is -2.33. The van der Waals surface area contributed by atoms with E-state index < -0.39 is 28.4 Å². The second-order valence-corrected chi connectivity index (χ2v) is 12.1. The number of aliphatic carboxylic acids is 1. The van der Waals surface area contributed by atoms with Gasteiger partial charge in [0.05, 0.1) is 4.90 Å². The van der Waals surface area contributed by atoms with E-state index in [1.807, 2.05) is 13.8 Å². The predicted molar refractivity (Wildman–Crippen MR) is 137 cm³/mol. The van der Waals surface area contributed by atoms with Gasteiger partial charge in [0.15, 0.2) is 0 Å². The highest BCUT2D eigenvalue weighted by atomic mass is 35.5. The lowest BCUT2D eigenvalue weighted by molar-refractivity contribution is -0.137. The molecule has 6 nitrogen and oxygen atoms in total. The molecular weight excluding hydrogens is 528 g/mol. The van der Waals surface area contributed by atoms with Crippen molar-refractivity contribution < 1.29 is 27.4 Å². The molecular formula is C26H24Cl2FNO5S. The minimum Gasteiger partial charge on any atom is -0.488 e. The maximum atomic E-state index is 14.5. The fourth-order valence-corrected chi connectivity index (χ4v) is 6.11. The van der Waals surface area contributed by atoms with Crippen LogP contribution in [-0.4, -0.2) is 35.9 Å². The van der Waals surface area contributed by atoms with Crippen molar-refractivity contribution in [3.63, 3.8) is 0 Å². The van der Waals surface area contributed by atoms with Gasteiger partial charge in [-0.1, -0.05) is 23.2 Å². The van der Waals surface area contributed by atoms with Crippen LogP contribution < -0.4 is 4.74 Å². The minimum absolute atomic E-state index is 0.0518. The molecule has 0 aliphatic carbocycles. The molecule has 10 heteroatoms. The highest BCUT2D eigenvalue weighted by Crippen LogP contribution is 2.35. The van der Waals surface area contributed by atoms with Crippen LogP contribution in [0.4, 0.5) is 4.39 Å². The molecule has 3 aromatic carbocycles. The van der Waals surface area contributed by atoms with E-state index >= 15 is 0 Å². The van der Waals surface area contributed by atoms with Crippen LogP contribution in [0, 0.1) is 5.82 Å². The van der Waals surface area contributed by atoms with Crippen molar-refractivity contribution in [3.05, 3.63) is 81.6 Å². The van der Waals surface area contributed by atoms with Gasteiger partial charge in [0.25, 0.3) is 0 Å². The van der Waals surface area contributed by atoms with Gasteiger partial charge in [-0.2, -0.15) is 4.31 Å². The van der Waals surface area contributed by atoms with Crippen LogP contribution in [0.2, 0.25) is 10.0 Å². The zero-order valence-corrected chi connectivity index (χ0v) is 21.9. The summed E-state index contributed by atoms with van der Waals surface area (Å²) >= 11 is 12.1.